The van der Waals surface area contributed by atoms with E-state index in [4.69, 9.17) is 21.9 Å². The minimum atomic E-state index is -0.384. The lowest BCUT2D eigenvalue weighted by atomic mass is 10.3. The summed E-state index contributed by atoms with van der Waals surface area (Å²) in [5.41, 5.74) is 16.9. The van der Waals surface area contributed by atoms with Crippen molar-refractivity contribution >= 4 is 44.8 Å². The molecule has 0 radical (unpaired) electrons. The van der Waals surface area contributed by atoms with Crippen LogP contribution in [-0.4, -0.2) is 28.5 Å². The number of primary amides is 1. The van der Waals surface area contributed by atoms with E-state index in [0.717, 1.165) is 0 Å². The number of carbonyl (C=O) groups excluding carboxylic acids is 2. The molecule has 2 aromatic rings. The Morgan fingerprint density at radius 1 is 1.09 bits per heavy atom. The summed E-state index contributed by atoms with van der Waals surface area (Å²) in [6.07, 6.45) is 0.384. The highest BCUT2D eigenvalue weighted by Crippen LogP contribution is 2.11. The van der Waals surface area contributed by atoms with Gasteiger partial charge in [-0.1, -0.05) is 0 Å². The van der Waals surface area contributed by atoms with E-state index in [2.05, 4.69) is 9.97 Å². The van der Waals surface area contributed by atoms with Crippen LogP contribution in [0.15, 0.2) is 10.8 Å². The number of thiazole rings is 2. The summed E-state index contributed by atoms with van der Waals surface area (Å²) in [5.74, 6) is -0.645. The Hall–Kier alpha value is -2.20. The van der Waals surface area contributed by atoms with Crippen molar-refractivity contribution in [3.63, 3.8) is 0 Å². The third-order valence-corrected chi connectivity index (χ3v) is 3.57. The highest BCUT2D eigenvalue weighted by atomic mass is 32.1. The summed E-state index contributed by atoms with van der Waals surface area (Å²) in [7, 11) is 0. The first-order valence-corrected chi connectivity index (χ1v) is 8.00. The molecule has 0 aliphatic carbocycles. The smallest absolute Gasteiger partial charge is 0.311 e. The van der Waals surface area contributed by atoms with Crippen LogP contribution in [-0.2, 0) is 27.2 Å². The van der Waals surface area contributed by atoms with Gasteiger partial charge in [-0.05, 0) is 6.92 Å². The van der Waals surface area contributed by atoms with Crippen LogP contribution in [0.3, 0.4) is 0 Å². The second-order valence-corrected chi connectivity index (χ2v) is 5.76. The first-order valence-electron chi connectivity index (χ1n) is 6.24. The fourth-order valence-electron chi connectivity index (χ4n) is 1.35. The van der Waals surface area contributed by atoms with Crippen molar-refractivity contribution in [2.45, 2.75) is 19.8 Å². The van der Waals surface area contributed by atoms with Crippen molar-refractivity contribution in [1.29, 1.82) is 0 Å². The maximum absolute atomic E-state index is 10.9. The second kappa shape index (κ2) is 8.95. The van der Waals surface area contributed by atoms with E-state index in [-0.39, 0.29) is 24.7 Å². The molecule has 1 amide bonds. The lowest BCUT2D eigenvalue weighted by Crippen LogP contribution is -2.13. The zero-order valence-corrected chi connectivity index (χ0v) is 13.6. The summed E-state index contributed by atoms with van der Waals surface area (Å²) in [5, 5.41) is 4.43. The monoisotopic (exact) mass is 343 g/mol. The van der Waals surface area contributed by atoms with Gasteiger partial charge in [-0.2, -0.15) is 0 Å². The maximum Gasteiger partial charge on any atom is 0.311 e. The van der Waals surface area contributed by atoms with Gasteiger partial charge >= 0.3 is 5.97 Å². The number of carbonyl (C=O) groups is 2. The molecule has 6 N–H and O–H groups in total. The average molecular weight is 343 g/mol. The van der Waals surface area contributed by atoms with Crippen LogP contribution in [0.25, 0.3) is 0 Å². The zero-order valence-electron chi connectivity index (χ0n) is 11.9. The van der Waals surface area contributed by atoms with Crippen molar-refractivity contribution in [2.24, 2.45) is 5.73 Å². The number of hydrogen-bond donors (Lipinski definition) is 3. The molecule has 2 aromatic heterocycles. The van der Waals surface area contributed by atoms with E-state index in [0.29, 0.717) is 28.3 Å². The van der Waals surface area contributed by atoms with Crippen LogP contribution in [0, 0.1) is 0 Å². The molecule has 0 unspecified atom stereocenters. The molecule has 10 heteroatoms. The number of ether oxygens (including phenoxy) is 1. The largest absolute Gasteiger partial charge is 0.466 e. The Kier molecular flexibility index (Phi) is 7.26. The Labute approximate surface area is 135 Å². The van der Waals surface area contributed by atoms with Gasteiger partial charge in [0.15, 0.2) is 10.3 Å². The van der Waals surface area contributed by atoms with Crippen LogP contribution >= 0.6 is 22.7 Å². The number of nitrogens with zero attached hydrogens (tertiary/aromatic N) is 2. The molecular formula is C12H17N5O3S2. The molecular weight excluding hydrogens is 326 g/mol. The number of amides is 1. The lowest BCUT2D eigenvalue weighted by Gasteiger charge is -1.97. The van der Waals surface area contributed by atoms with Crippen LogP contribution in [0.4, 0.5) is 10.3 Å². The molecule has 120 valence electrons. The number of aromatic nitrogens is 2. The number of anilines is 2. The van der Waals surface area contributed by atoms with Gasteiger partial charge in [-0.25, -0.2) is 9.97 Å². The van der Waals surface area contributed by atoms with E-state index in [1.54, 1.807) is 17.7 Å². The van der Waals surface area contributed by atoms with Crippen molar-refractivity contribution in [3.8, 4) is 0 Å². The van der Waals surface area contributed by atoms with Crippen molar-refractivity contribution < 1.29 is 14.3 Å². The lowest BCUT2D eigenvalue weighted by molar-refractivity contribution is -0.142. The molecule has 0 aliphatic rings. The van der Waals surface area contributed by atoms with Gasteiger partial charge in [0.25, 0.3) is 0 Å². The predicted octanol–water partition coefficient (Wildman–Crippen LogP) is 0.584. The normalized spacial score (nSPS) is 9.68. The molecule has 0 atom stereocenters. The molecule has 0 saturated heterocycles. The van der Waals surface area contributed by atoms with Gasteiger partial charge in [-0.15, -0.1) is 22.7 Å². The quantitative estimate of drug-likeness (QED) is 0.673. The molecule has 0 fully saturated rings. The Balaban J connectivity index is 0.000000224. The molecule has 0 bridgehead atoms. The molecule has 0 saturated carbocycles. The van der Waals surface area contributed by atoms with Gasteiger partial charge in [0.1, 0.15) is 0 Å². The van der Waals surface area contributed by atoms with Crippen LogP contribution < -0.4 is 17.2 Å². The summed E-state index contributed by atoms with van der Waals surface area (Å²) < 4.78 is 4.74. The Morgan fingerprint density at radius 2 is 1.59 bits per heavy atom. The number of hydrogen-bond acceptors (Lipinski definition) is 9. The summed E-state index contributed by atoms with van der Waals surface area (Å²) in [6.45, 7) is 2.17. The molecule has 2 heterocycles. The number of esters is 1. The fourth-order valence-corrected chi connectivity index (χ4v) is 2.47. The standard InChI is InChI=1S/C7H10N2O2S.C5H7N3OS/c1-2-11-6(10)3-5-4-12-7(8)9-5;6-4(9)1-3-2-10-5(7)8-3/h4H,2-3H2,1H3,(H2,8,9);2H,1H2,(H2,6,9)(H2,7,8). The number of nitrogen functional groups attached to an aromatic ring is 2. The van der Waals surface area contributed by atoms with Crippen molar-refractivity contribution in [3.05, 3.63) is 22.1 Å². The molecule has 22 heavy (non-hydrogen) atoms. The minimum absolute atomic E-state index is 0.174. The predicted molar refractivity (Wildman–Crippen MR) is 86.3 cm³/mol. The Bertz CT molecular complexity index is 626. The molecule has 2 rings (SSSR count). The van der Waals surface area contributed by atoms with Crippen LogP contribution in [0.5, 0.6) is 0 Å². The van der Waals surface area contributed by atoms with Gasteiger partial charge in [0, 0.05) is 10.8 Å². The van der Waals surface area contributed by atoms with E-state index < -0.39 is 0 Å². The summed E-state index contributed by atoms with van der Waals surface area (Å²) in [6, 6.07) is 0. The van der Waals surface area contributed by atoms with Gasteiger partial charge in [0.2, 0.25) is 5.91 Å². The topological polar surface area (TPSA) is 147 Å². The maximum atomic E-state index is 10.9. The Morgan fingerprint density at radius 3 is 1.95 bits per heavy atom. The first kappa shape index (κ1) is 17.9. The summed E-state index contributed by atoms with van der Waals surface area (Å²) >= 11 is 2.63. The first-order chi connectivity index (χ1) is 10.4. The van der Waals surface area contributed by atoms with Gasteiger partial charge < -0.3 is 21.9 Å². The van der Waals surface area contributed by atoms with Gasteiger partial charge in [-0.3, -0.25) is 9.59 Å². The van der Waals surface area contributed by atoms with Crippen molar-refractivity contribution in [1.82, 2.24) is 9.97 Å². The van der Waals surface area contributed by atoms with Crippen LogP contribution in [0.2, 0.25) is 0 Å². The van der Waals surface area contributed by atoms with E-state index >= 15 is 0 Å². The molecule has 8 nitrogen and oxygen atoms in total. The third-order valence-electron chi connectivity index (χ3n) is 2.13. The number of rotatable bonds is 5. The second-order valence-electron chi connectivity index (χ2n) is 3.98. The highest BCUT2D eigenvalue weighted by molar-refractivity contribution is 7.13. The molecule has 0 spiro atoms. The van der Waals surface area contributed by atoms with E-state index in [1.165, 1.54) is 22.7 Å². The van der Waals surface area contributed by atoms with Crippen LogP contribution in [0.1, 0.15) is 18.3 Å². The van der Waals surface area contributed by atoms with Crippen molar-refractivity contribution in [2.75, 3.05) is 18.1 Å². The average Bonchev–Trinajstić information content (AvgIpc) is 2.99. The molecule has 0 aliphatic heterocycles. The highest BCUT2D eigenvalue weighted by Gasteiger charge is 2.06. The fraction of sp³-hybridized carbons (Fsp3) is 0.333. The zero-order chi connectivity index (χ0) is 16.5. The summed E-state index contributed by atoms with van der Waals surface area (Å²) in [4.78, 5) is 29.0. The number of nitrogens with two attached hydrogens (primary N) is 3. The SMILES string of the molecule is CCOC(=O)Cc1csc(N)n1.NC(=O)Cc1csc(N)n1. The minimum Gasteiger partial charge on any atom is -0.466 e. The third kappa shape index (κ3) is 6.99. The van der Waals surface area contributed by atoms with Gasteiger partial charge in [0.05, 0.1) is 30.8 Å². The van der Waals surface area contributed by atoms with E-state index in [9.17, 15) is 9.59 Å². The van der Waals surface area contributed by atoms with E-state index in [1.807, 2.05) is 0 Å². The molecule has 0 aromatic carbocycles.